The lowest BCUT2D eigenvalue weighted by molar-refractivity contribution is -0.119. The molecule has 0 aromatic heterocycles. The number of hydrogen-bond acceptors (Lipinski definition) is 1. The minimum atomic E-state index is 0. The summed E-state index contributed by atoms with van der Waals surface area (Å²) >= 11 is 0. The predicted octanol–water partition coefficient (Wildman–Crippen LogP) is 1.72. The third-order valence-electron chi connectivity index (χ3n) is 1.97. The molecule has 1 fully saturated rings. The van der Waals surface area contributed by atoms with Crippen LogP contribution in [0.25, 0.3) is 0 Å². The van der Waals surface area contributed by atoms with Crippen molar-refractivity contribution in [3.8, 4) is 0 Å². The molecule has 1 saturated heterocycles. The van der Waals surface area contributed by atoms with E-state index in [0.717, 1.165) is 25.4 Å². The Morgan fingerprint density at radius 3 is 2.09 bits per heavy atom. The number of rotatable bonds is 1. The van der Waals surface area contributed by atoms with Crippen molar-refractivity contribution in [2.45, 2.75) is 19.8 Å². The van der Waals surface area contributed by atoms with Crippen LogP contribution in [0.4, 0.5) is 0 Å². The van der Waals surface area contributed by atoms with Crippen LogP contribution in [0.1, 0.15) is 19.8 Å². The molecule has 1 rings (SSSR count). The number of likely N-dealkylation sites (tertiary alicyclic amines) is 1. The van der Waals surface area contributed by atoms with Gasteiger partial charge in [-0.25, -0.2) is 0 Å². The summed E-state index contributed by atoms with van der Waals surface area (Å²) in [7, 11) is 0. The molecule has 4 heteroatoms. The average molecular weight is 200 g/mol. The Morgan fingerprint density at radius 1 is 1.27 bits per heavy atom. The molecular formula is C7H15Cl2NO. The van der Waals surface area contributed by atoms with E-state index in [1.807, 2.05) is 4.90 Å². The zero-order chi connectivity index (χ0) is 6.69. The second-order valence-electron chi connectivity index (χ2n) is 2.82. The molecule has 0 radical (unpaired) electrons. The Morgan fingerprint density at radius 2 is 1.73 bits per heavy atom. The minimum absolute atomic E-state index is 0. The van der Waals surface area contributed by atoms with Crippen LogP contribution in [0.2, 0.25) is 0 Å². The van der Waals surface area contributed by atoms with Gasteiger partial charge in [0.1, 0.15) is 0 Å². The first-order valence-corrected chi connectivity index (χ1v) is 3.52. The Labute approximate surface area is 80.2 Å². The lowest BCUT2D eigenvalue weighted by Crippen LogP contribution is -2.31. The standard InChI is InChI=1S/C7H13NO.2ClH/c1-7-2-4-8(6-9)5-3-7;;/h6-7H,2-5H2,1H3;2*1H. The van der Waals surface area contributed by atoms with E-state index in [0.29, 0.717) is 0 Å². The average Bonchev–Trinajstić information content (AvgIpc) is 1.90. The van der Waals surface area contributed by atoms with Crippen molar-refractivity contribution in [2.24, 2.45) is 5.92 Å². The fourth-order valence-electron chi connectivity index (χ4n) is 1.13. The van der Waals surface area contributed by atoms with E-state index in [1.165, 1.54) is 12.8 Å². The van der Waals surface area contributed by atoms with Crippen molar-refractivity contribution >= 4 is 31.2 Å². The highest BCUT2D eigenvalue weighted by Crippen LogP contribution is 2.13. The molecule has 1 heterocycles. The molecule has 0 N–H and O–H groups in total. The topological polar surface area (TPSA) is 20.3 Å². The molecule has 0 aromatic carbocycles. The summed E-state index contributed by atoms with van der Waals surface area (Å²) in [6.07, 6.45) is 3.31. The van der Waals surface area contributed by atoms with Crippen LogP contribution < -0.4 is 0 Å². The van der Waals surface area contributed by atoms with Gasteiger partial charge >= 0.3 is 0 Å². The molecule has 0 spiro atoms. The summed E-state index contributed by atoms with van der Waals surface area (Å²) < 4.78 is 0. The SMILES string of the molecule is CC1CCN(C=O)CC1.Cl.Cl. The molecule has 0 aromatic rings. The quantitative estimate of drug-likeness (QED) is 0.590. The van der Waals surface area contributed by atoms with Crippen LogP contribution in [0.3, 0.4) is 0 Å². The molecule has 2 nitrogen and oxygen atoms in total. The first kappa shape index (κ1) is 13.6. The van der Waals surface area contributed by atoms with E-state index in [-0.39, 0.29) is 24.8 Å². The molecule has 11 heavy (non-hydrogen) atoms. The highest BCUT2D eigenvalue weighted by molar-refractivity contribution is 5.85. The number of nitrogens with zero attached hydrogens (tertiary/aromatic N) is 1. The molecule has 0 atom stereocenters. The molecule has 1 aliphatic rings. The maximum atomic E-state index is 10.2. The molecule has 0 saturated carbocycles. The van der Waals surface area contributed by atoms with Gasteiger partial charge in [-0.05, 0) is 18.8 Å². The lowest BCUT2D eigenvalue weighted by atomic mass is 10.00. The van der Waals surface area contributed by atoms with Gasteiger partial charge in [0.05, 0.1) is 0 Å². The Bertz CT molecular complexity index is 103. The Balaban J connectivity index is 0. The Kier molecular flexibility index (Phi) is 8.35. The fourth-order valence-corrected chi connectivity index (χ4v) is 1.13. The van der Waals surface area contributed by atoms with E-state index in [1.54, 1.807) is 0 Å². The molecule has 1 amide bonds. The molecule has 0 aliphatic carbocycles. The van der Waals surface area contributed by atoms with Crippen LogP contribution in [0.15, 0.2) is 0 Å². The number of carbonyl (C=O) groups is 1. The number of carbonyl (C=O) groups excluding carboxylic acids is 1. The van der Waals surface area contributed by atoms with Gasteiger partial charge in [0.25, 0.3) is 0 Å². The second-order valence-corrected chi connectivity index (χ2v) is 2.82. The minimum Gasteiger partial charge on any atom is -0.345 e. The Hall–Kier alpha value is 0.0500. The zero-order valence-corrected chi connectivity index (χ0v) is 8.29. The van der Waals surface area contributed by atoms with Gasteiger partial charge in [0.15, 0.2) is 0 Å². The van der Waals surface area contributed by atoms with Crippen LogP contribution in [0.5, 0.6) is 0 Å². The van der Waals surface area contributed by atoms with E-state index in [9.17, 15) is 4.79 Å². The zero-order valence-electron chi connectivity index (χ0n) is 6.66. The molecule has 1 aliphatic heterocycles. The van der Waals surface area contributed by atoms with Crippen LogP contribution >= 0.6 is 24.8 Å². The van der Waals surface area contributed by atoms with Crippen LogP contribution in [-0.4, -0.2) is 24.4 Å². The molecule has 68 valence electrons. The maximum Gasteiger partial charge on any atom is 0.209 e. The highest BCUT2D eigenvalue weighted by Gasteiger charge is 2.12. The number of halogens is 2. The van der Waals surface area contributed by atoms with E-state index >= 15 is 0 Å². The third kappa shape index (κ3) is 4.49. The van der Waals surface area contributed by atoms with Gasteiger partial charge in [-0.1, -0.05) is 6.92 Å². The van der Waals surface area contributed by atoms with Crippen molar-refractivity contribution in [2.75, 3.05) is 13.1 Å². The van der Waals surface area contributed by atoms with Crippen molar-refractivity contribution < 1.29 is 4.79 Å². The fraction of sp³-hybridized carbons (Fsp3) is 0.857. The molecular weight excluding hydrogens is 185 g/mol. The van der Waals surface area contributed by atoms with Gasteiger partial charge in [-0.2, -0.15) is 0 Å². The first-order chi connectivity index (χ1) is 4.33. The van der Waals surface area contributed by atoms with Gasteiger partial charge in [-0.3, -0.25) is 4.79 Å². The molecule has 0 bridgehead atoms. The number of hydrogen-bond donors (Lipinski definition) is 0. The summed E-state index contributed by atoms with van der Waals surface area (Å²) in [6.45, 7) is 4.16. The summed E-state index contributed by atoms with van der Waals surface area (Å²) in [6, 6.07) is 0. The van der Waals surface area contributed by atoms with Crippen LogP contribution in [0, 0.1) is 5.92 Å². The monoisotopic (exact) mass is 199 g/mol. The highest BCUT2D eigenvalue weighted by atomic mass is 35.5. The van der Waals surface area contributed by atoms with Crippen molar-refractivity contribution in [1.29, 1.82) is 0 Å². The van der Waals surface area contributed by atoms with Crippen LogP contribution in [-0.2, 0) is 4.79 Å². The normalized spacial score (nSPS) is 18.1. The molecule has 0 unspecified atom stereocenters. The van der Waals surface area contributed by atoms with Crippen molar-refractivity contribution in [1.82, 2.24) is 4.90 Å². The summed E-state index contributed by atoms with van der Waals surface area (Å²) in [4.78, 5) is 12.0. The third-order valence-corrected chi connectivity index (χ3v) is 1.97. The summed E-state index contributed by atoms with van der Waals surface area (Å²) in [5.74, 6) is 0.821. The number of piperidine rings is 1. The number of amides is 1. The smallest absolute Gasteiger partial charge is 0.209 e. The predicted molar refractivity (Wildman–Crippen MR) is 50.5 cm³/mol. The summed E-state index contributed by atoms with van der Waals surface area (Å²) in [5, 5.41) is 0. The van der Waals surface area contributed by atoms with E-state index < -0.39 is 0 Å². The maximum absolute atomic E-state index is 10.2. The van der Waals surface area contributed by atoms with E-state index in [2.05, 4.69) is 6.92 Å². The lowest BCUT2D eigenvalue weighted by Gasteiger charge is -2.26. The van der Waals surface area contributed by atoms with Gasteiger partial charge in [-0.15, -0.1) is 24.8 Å². The second kappa shape index (κ2) is 6.74. The van der Waals surface area contributed by atoms with Crippen molar-refractivity contribution in [3.63, 3.8) is 0 Å². The van der Waals surface area contributed by atoms with E-state index in [4.69, 9.17) is 0 Å². The largest absolute Gasteiger partial charge is 0.345 e. The van der Waals surface area contributed by atoms with Gasteiger partial charge in [0.2, 0.25) is 6.41 Å². The van der Waals surface area contributed by atoms with Gasteiger partial charge < -0.3 is 4.90 Å². The van der Waals surface area contributed by atoms with Crippen molar-refractivity contribution in [3.05, 3.63) is 0 Å². The summed E-state index contributed by atoms with van der Waals surface area (Å²) in [5.41, 5.74) is 0. The first-order valence-electron chi connectivity index (χ1n) is 3.52. The van der Waals surface area contributed by atoms with Gasteiger partial charge in [0, 0.05) is 13.1 Å².